The van der Waals surface area contributed by atoms with E-state index in [9.17, 15) is 19.2 Å². The van der Waals surface area contributed by atoms with Crippen LogP contribution in [0.5, 0.6) is 0 Å². The van der Waals surface area contributed by atoms with Crippen molar-refractivity contribution in [1.29, 1.82) is 0 Å². The molecule has 2 aromatic rings. The molecule has 0 saturated heterocycles. The summed E-state index contributed by atoms with van der Waals surface area (Å²) in [6, 6.07) is 13.0. The van der Waals surface area contributed by atoms with Crippen LogP contribution in [0.15, 0.2) is 48.5 Å². The number of hydrogen-bond donors (Lipinski definition) is 3. The predicted molar refractivity (Wildman–Crippen MR) is 164 cm³/mol. The van der Waals surface area contributed by atoms with E-state index in [1.165, 1.54) is 4.90 Å². The molecular formula is C33H48N4O5. The van der Waals surface area contributed by atoms with E-state index < -0.39 is 42.0 Å². The highest BCUT2D eigenvalue weighted by molar-refractivity contribution is 5.94. The van der Waals surface area contributed by atoms with Crippen LogP contribution < -0.4 is 16.4 Å². The molecule has 2 rings (SSSR count). The van der Waals surface area contributed by atoms with E-state index >= 15 is 0 Å². The first-order chi connectivity index (χ1) is 19.8. The van der Waals surface area contributed by atoms with Gasteiger partial charge in [-0.2, -0.15) is 0 Å². The van der Waals surface area contributed by atoms with Crippen LogP contribution >= 0.6 is 0 Å². The Bertz CT molecular complexity index is 1190. The Hall–Kier alpha value is -3.88. The Morgan fingerprint density at radius 3 is 2.21 bits per heavy atom. The minimum Gasteiger partial charge on any atom is -0.444 e. The Kier molecular flexibility index (Phi) is 13.5. The fourth-order valence-electron chi connectivity index (χ4n) is 4.77. The van der Waals surface area contributed by atoms with Crippen molar-refractivity contribution >= 4 is 23.8 Å². The standard InChI is InChI=1S/C33H48N4O5/c1-7-8-9-10-14-19-37(31(40)27(21-28(34)38)36-32(41)42-33(4,5)6)29(26-18-17-23(2)20-24(26)3)30(39)35-22-25-15-12-11-13-16-25/h11-13,15-18,20,27,29H,7-10,14,19,21-22H2,1-6H3,(H2,34,38)(H,35,39)(H,36,41). The monoisotopic (exact) mass is 580 g/mol. The molecule has 0 fully saturated rings. The maximum atomic E-state index is 14.2. The lowest BCUT2D eigenvalue weighted by Crippen LogP contribution is -2.54. The molecule has 230 valence electrons. The molecule has 2 aromatic carbocycles. The Morgan fingerprint density at radius 2 is 1.62 bits per heavy atom. The fourth-order valence-corrected chi connectivity index (χ4v) is 4.77. The molecule has 9 nitrogen and oxygen atoms in total. The summed E-state index contributed by atoms with van der Waals surface area (Å²) in [5.74, 6) is -1.69. The number of unbranched alkanes of at least 4 members (excludes halogenated alkanes) is 4. The second kappa shape index (κ2) is 16.5. The molecule has 0 radical (unpaired) electrons. The number of carbonyl (C=O) groups is 4. The number of nitrogens with two attached hydrogens (primary N) is 1. The largest absolute Gasteiger partial charge is 0.444 e. The molecular weight excluding hydrogens is 532 g/mol. The third kappa shape index (κ3) is 11.5. The molecule has 42 heavy (non-hydrogen) atoms. The molecule has 2 unspecified atom stereocenters. The molecule has 9 heteroatoms. The van der Waals surface area contributed by atoms with Crippen molar-refractivity contribution in [2.45, 2.75) is 104 Å². The zero-order chi connectivity index (χ0) is 31.3. The summed E-state index contributed by atoms with van der Waals surface area (Å²) in [7, 11) is 0. The number of nitrogens with one attached hydrogen (secondary N) is 2. The number of aryl methyl sites for hydroxylation is 2. The van der Waals surface area contributed by atoms with Crippen molar-refractivity contribution in [3.63, 3.8) is 0 Å². The smallest absolute Gasteiger partial charge is 0.408 e. The van der Waals surface area contributed by atoms with E-state index in [-0.39, 0.29) is 19.0 Å². The Balaban J connectivity index is 2.52. The van der Waals surface area contributed by atoms with Gasteiger partial charge in [-0.05, 0) is 57.7 Å². The summed E-state index contributed by atoms with van der Waals surface area (Å²) in [4.78, 5) is 54.4. The summed E-state index contributed by atoms with van der Waals surface area (Å²) < 4.78 is 5.37. The van der Waals surface area contributed by atoms with Gasteiger partial charge in [-0.15, -0.1) is 0 Å². The number of amides is 4. The SMILES string of the molecule is CCCCCCCN(C(=O)C(CC(N)=O)NC(=O)OC(C)(C)C)C(C(=O)NCc1ccccc1)c1ccc(C)cc1C. The lowest BCUT2D eigenvalue weighted by molar-refractivity contribution is -0.143. The molecule has 4 amide bonds. The van der Waals surface area contributed by atoms with Crippen molar-refractivity contribution < 1.29 is 23.9 Å². The van der Waals surface area contributed by atoms with E-state index in [1.54, 1.807) is 20.8 Å². The number of alkyl carbamates (subject to hydrolysis) is 1. The zero-order valence-electron chi connectivity index (χ0n) is 26.0. The lowest BCUT2D eigenvalue weighted by atomic mass is 9.95. The minimum absolute atomic E-state index is 0.255. The third-order valence-electron chi connectivity index (χ3n) is 6.77. The molecule has 0 heterocycles. The Morgan fingerprint density at radius 1 is 0.952 bits per heavy atom. The van der Waals surface area contributed by atoms with Gasteiger partial charge in [-0.1, -0.05) is 86.7 Å². The first-order valence-electron chi connectivity index (χ1n) is 14.8. The highest BCUT2D eigenvalue weighted by atomic mass is 16.6. The van der Waals surface area contributed by atoms with E-state index in [0.29, 0.717) is 12.0 Å². The van der Waals surface area contributed by atoms with Gasteiger partial charge < -0.3 is 26.0 Å². The van der Waals surface area contributed by atoms with Crippen molar-refractivity contribution in [2.24, 2.45) is 5.73 Å². The third-order valence-corrected chi connectivity index (χ3v) is 6.77. The van der Waals surface area contributed by atoms with E-state index in [1.807, 2.05) is 62.4 Å². The molecule has 0 saturated carbocycles. The molecule has 2 atom stereocenters. The first-order valence-corrected chi connectivity index (χ1v) is 14.8. The van der Waals surface area contributed by atoms with Crippen molar-refractivity contribution in [3.05, 3.63) is 70.8 Å². The van der Waals surface area contributed by atoms with Crippen LogP contribution in [-0.4, -0.2) is 46.9 Å². The van der Waals surface area contributed by atoms with Gasteiger partial charge >= 0.3 is 6.09 Å². The maximum absolute atomic E-state index is 14.2. The average molecular weight is 581 g/mol. The molecule has 0 aliphatic carbocycles. The highest BCUT2D eigenvalue weighted by Crippen LogP contribution is 2.28. The lowest BCUT2D eigenvalue weighted by Gasteiger charge is -2.35. The average Bonchev–Trinajstić information content (AvgIpc) is 2.90. The van der Waals surface area contributed by atoms with Gasteiger partial charge in [0.15, 0.2) is 0 Å². The molecule has 0 aliphatic rings. The van der Waals surface area contributed by atoms with Crippen molar-refractivity contribution in [3.8, 4) is 0 Å². The molecule has 0 spiro atoms. The molecule has 0 bridgehead atoms. The number of hydrogen-bond acceptors (Lipinski definition) is 5. The van der Waals surface area contributed by atoms with Crippen LogP contribution in [0, 0.1) is 13.8 Å². The quantitative estimate of drug-likeness (QED) is 0.248. The number of primary amides is 1. The van der Waals surface area contributed by atoms with Gasteiger partial charge in [-0.25, -0.2) is 4.79 Å². The number of carbonyl (C=O) groups excluding carboxylic acids is 4. The Labute approximate surface area is 250 Å². The second-order valence-corrected chi connectivity index (χ2v) is 11.8. The summed E-state index contributed by atoms with van der Waals surface area (Å²) >= 11 is 0. The number of nitrogens with zero attached hydrogens (tertiary/aromatic N) is 1. The summed E-state index contributed by atoms with van der Waals surface area (Å²) in [6.45, 7) is 11.6. The molecule has 0 aliphatic heterocycles. The maximum Gasteiger partial charge on any atom is 0.408 e. The van der Waals surface area contributed by atoms with Crippen LogP contribution in [-0.2, 0) is 25.7 Å². The van der Waals surface area contributed by atoms with Crippen molar-refractivity contribution in [2.75, 3.05) is 6.54 Å². The number of benzene rings is 2. The van der Waals surface area contributed by atoms with Gasteiger partial charge in [0.25, 0.3) is 0 Å². The van der Waals surface area contributed by atoms with Crippen LogP contribution in [0.3, 0.4) is 0 Å². The van der Waals surface area contributed by atoms with E-state index in [2.05, 4.69) is 17.6 Å². The fraction of sp³-hybridized carbons (Fsp3) is 0.515. The highest BCUT2D eigenvalue weighted by Gasteiger charge is 2.37. The van der Waals surface area contributed by atoms with E-state index in [0.717, 1.165) is 42.4 Å². The van der Waals surface area contributed by atoms with Gasteiger partial charge in [0.1, 0.15) is 17.7 Å². The van der Waals surface area contributed by atoms with Crippen LogP contribution in [0.4, 0.5) is 4.79 Å². The molecule has 4 N–H and O–H groups in total. The van der Waals surface area contributed by atoms with Crippen LogP contribution in [0.2, 0.25) is 0 Å². The predicted octanol–water partition coefficient (Wildman–Crippen LogP) is 5.23. The normalized spacial score (nSPS) is 12.6. The molecule has 0 aromatic heterocycles. The number of rotatable bonds is 15. The summed E-state index contributed by atoms with van der Waals surface area (Å²) in [5, 5.41) is 5.54. The first kappa shape index (κ1) is 34.3. The summed E-state index contributed by atoms with van der Waals surface area (Å²) in [6.07, 6.45) is 3.36. The topological polar surface area (TPSA) is 131 Å². The van der Waals surface area contributed by atoms with Crippen molar-refractivity contribution in [1.82, 2.24) is 15.5 Å². The van der Waals surface area contributed by atoms with Gasteiger partial charge in [0.2, 0.25) is 17.7 Å². The van der Waals surface area contributed by atoms with Gasteiger partial charge in [0.05, 0.1) is 6.42 Å². The second-order valence-electron chi connectivity index (χ2n) is 11.8. The zero-order valence-corrected chi connectivity index (χ0v) is 26.0. The van der Waals surface area contributed by atoms with Crippen LogP contribution in [0.1, 0.15) is 94.5 Å². The van der Waals surface area contributed by atoms with E-state index in [4.69, 9.17) is 10.5 Å². The number of ether oxygens (including phenoxy) is 1. The van der Waals surface area contributed by atoms with Gasteiger partial charge in [-0.3, -0.25) is 14.4 Å². The minimum atomic E-state index is -1.30. The van der Waals surface area contributed by atoms with Crippen LogP contribution in [0.25, 0.3) is 0 Å². The summed E-state index contributed by atoms with van der Waals surface area (Å²) in [5.41, 5.74) is 8.15. The van der Waals surface area contributed by atoms with Gasteiger partial charge in [0, 0.05) is 13.1 Å².